The van der Waals surface area contributed by atoms with Gasteiger partial charge in [-0.1, -0.05) is 12.1 Å². The largest absolute Gasteiger partial charge is 0.506 e. The quantitative estimate of drug-likeness (QED) is 0.471. The summed E-state index contributed by atoms with van der Waals surface area (Å²) in [7, 11) is 0. The van der Waals surface area contributed by atoms with Crippen LogP contribution in [-0.2, 0) is 0 Å². The van der Waals surface area contributed by atoms with E-state index in [2.05, 4.69) is 33.2 Å². The van der Waals surface area contributed by atoms with Crippen molar-refractivity contribution in [3.8, 4) is 5.75 Å². The van der Waals surface area contributed by atoms with Crippen molar-refractivity contribution < 1.29 is 19.8 Å². The standard InChI is InChI=1S/C14H11IN2O4/c15-9-3-1-2-4-10(9)16-14(21)17-11-6-5-8(13(19)20)7-12(11)18/h1-7,18H,(H,19,20)(H2,16,17,21). The Kier molecular flexibility index (Phi) is 4.63. The second-order valence-corrected chi connectivity index (χ2v) is 5.26. The van der Waals surface area contributed by atoms with E-state index in [4.69, 9.17) is 5.11 Å². The van der Waals surface area contributed by atoms with E-state index in [1.807, 2.05) is 12.1 Å². The summed E-state index contributed by atoms with van der Waals surface area (Å²) in [5.41, 5.74) is 0.705. The summed E-state index contributed by atoms with van der Waals surface area (Å²) in [6, 6.07) is 10.4. The molecule has 0 heterocycles. The number of hydrogen-bond acceptors (Lipinski definition) is 3. The number of carboxylic acid groups (broad SMARTS) is 1. The molecule has 2 rings (SSSR count). The van der Waals surface area contributed by atoms with Gasteiger partial charge in [-0.2, -0.15) is 0 Å². The number of para-hydroxylation sites is 1. The lowest BCUT2D eigenvalue weighted by molar-refractivity contribution is 0.0696. The minimum atomic E-state index is -1.15. The summed E-state index contributed by atoms with van der Waals surface area (Å²) in [4.78, 5) is 22.6. The van der Waals surface area contributed by atoms with Crippen molar-refractivity contribution in [2.75, 3.05) is 10.6 Å². The SMILES string of the molecule is O=C(Nc1ccc(C(=O)O)cc1O)Nc1ccccc1I. The normalized spacial score (nSPS) is 9.95. The molecule has 108 valence electrons. The molecule has 0 saturated heterocycles. The first-order valence-electron chi connectivity index (χ1n) is 5.86. The maximum atomic E-state index is 11.9. The molecule has 6 nitrogen and oxygen atoms in total. The number of halogens is 1. The van der Waals surface area contributed by atoms with E-state index in [0.717, 1.165) is 9.64 Å². The van der Waals surface area contributed by atoms with Gasteiger partial charge in [-0.05, 0) is 52.9 Å². The number of nitrogens with one attached hydrogen (secondary N) is 2. The molecule has 2 amide bonds. The van der Waals surface area contributed by atoms with Gasteiger partial charge in [0.2, 0.25) is 0 Å². The Morgan fingerprint density at radius 3 is 2.29 bits per heavy atom. The zero-order valence-electron chi connectivity index (χ0n) is 10.6. The van der Waals surface area contributed by atoms with Gasteiger partial charge in [0, 0.05) is 3.57 Å². The molecule has 0 radical (unpaired) electrons. The molecule has 0 fully saturated rings. The number of aromatic hydroxyl groups is 1. The number of benzene rings is 2. The number of phenols is 1. The van der Waals surface area contributed by atoms with E-state index >= 15 is 0 Å². The zero-order valence-corrected chi connectivity index (χ0v) is 12.8. The number of carboxylic acids is 1. The van der Waals surface area contributed by atoms with Gasteiger partial charge in [0.05, 0.1) is 16.9 Å². The third kappa shape index (κ3) is 3.85. The molecular formula is C14H11IN2O4. The molecule has 0 spiro atoms. The molecule has 4 N–H and O–H groups in total. The van der Waals surface area contributed by atoms with E-state index in [-0.39, 0.29) is 17.0 Å². The number of carbonyl (C=O) groups is 2. The molecule has 0 aliphatic heterocycles. The highest BCUT2D eigenvalue weighted by Gasteiger charge is 2.11. The van der Waals surface area contributed by atoms with Crippen molar-refractivity contribution >= 4 is 46.0 Å². The van der Waals surface area contributed by atoms with Crippen molar-refractivity contribution in [2.24, 2.45) is 0 Å². The number of hydrogen-bond donors (Lipinski definition) is 4. The monoisotopic (exact) mass is 398 g/mol. The fraction of sp³-hybridized carbons (Fsp3) is 0. The Hall–Kier alpha value is -2.29. The fourth-order valence-electron chi connectivity index (χ4n) is 1.61. The van der Waals surface area contributed by atoms with Gasteiger partial charge in [0.15, 0.2) is 0 Å². The van der Waals surface area contributed by atoms with Crippen LogP contribution in [0.1, 0.15) is 10.4 Å². The van der Waals surface area contributed by atoms with Crippen LogP contribution >= 0.6 is 22.6 Å². The maximum absolute atomic E-state index is 11.9. The first-order valence-corrected chi connectivity index (χ1v) is 6.94. The molecule has 21 heavy (non-hydrogen) atoms. The highest BCUT2D eigenvalue weighted by Crippen LogP contribution is 2.25. The van der Waals surface area contributed by atoms with Crippen LogP contribution in [0.3, 0.4) is 0 Å². The smallest absolute Gasteiger partial charge is 0.335 e. The van der Waals surface area contributed by atoms with Crippen LogP contribution < -0.4 is 10.6 Å². The summed E-state index contributed by atoms with van der Waals surface area (Å²) >= 11 is 2.09. The van der Waals surface area contributed by atoms with Crippen molar-refractivity contribution in [3.05, 3.63) is 51.6 Å². The maximum Gasteiger partial charge on any atom is 0.335 e. The number of urea groups is 1. The van der Waals surface area contributed by atoms with Crippen LogP contribution in [0.5, 0.6) is 5.75 Å². The van der Waals surface area contributed by atoms with Gasteiger partial charge < -0.3 is 20.8 Å². The van der Waals surface area contributed by atoms with Crippen LogP contribution in [0.25, 0.3) is 0 Å². The van der Waals surface area contributed by atoms with Crippen LogP contribution in [0.2, 0.25) is 0 Å². The molecular weight excluding hydrogens is 387 g/mol. The Balaban J connectivity index is 2.10. The molecule has 0 aliphatic rings. The lowest BCUT2D eigenvalue weighted by Gasteiger charge is -2.10. The highest BCUT2D eigenvalue weighted by atomic mass is 127. The van der Waals surface area contributed by atoms with Gasteiger partial charge in [-0.15, -0.1) is 0 Å². The van der Waals surface area contributed by atoms with E-state index < -0.39 is 12.0 Å². The zero-order chi connectivity index (χ0) is 15.4. The number of aromatic carboxylic acids is 1. The Morgan fingerprint density at radius 2 is 1.67 bits per heavy atom. The summed E-state index contributed by atoms with van der Waals surface area (Å²) < 4.78 is 0.871. The summed E-state index contributed by atoms with van der Waals surface area (Å²) in [6.07, 6.45) is 0. The van der Waals surface area contributed by atoms with Gasteiger partial charge in [-0.3, -0.25) is 0 Å². The van der Waals surface area contributed by atoms with Crippen LogP contribution in [-0.4, -0.2) is 22.2 Å². The third-order valence-electron chi connectivity index (χ3n) is 2.61. The molecule has 2 aromatic rings. The molecule has 0 saturated carbocycles. The first-order chi connectivity index (χ1) is 9.97. The second kappa shape index (κ2) is 6.44. The molecule has 2 aromatic carbocycles. The number of rotatable bonds is 3. The minimum absolute atomic E-state index is 0.0592. The lowest BCUT2D eigenvalue weighted by atomic mass is 10.2. The average Bonchev–Trinajstić information content (AvgIpc) is 2.43. The van der Waals surface area contributed by atoms with Gasteiger partial charge in [0.1, 0.15) is 5.75 Å². The van der Waals surface area contributed by atoms with Gasteiger partial charge in [0.25, 0.3) is 0 Å². The number of anilines is 2. The summed E-state index contributed by atoms with van der Waals surface area (Å²) in [5.74, 6) is -1.46. The molecule has 7 heteroatoms. The molecule has 0 unspecified atom stereocenters. The molecule has 0 bridgehead atoms. The Labute approximate surface area is 133 Å². The summed E-state index contributed by atoms with van der Waals surface area (Å²) in [5, 5.41) is 23.6. The number of phenolic OH excluding ortho intramolecular Hbond substituents is 1. The predicted molar refractivity (Wildman–Crippen MR) is 86.9 cm³/mol. The number of carbonyl (C=O) groups excluding carboxylic acids is 1. The second-order valence-electron chi connectivity index (χ2n) is 4.10. The average molecular weight is 398 g/mol. The van der Waals surface area contributed by atoms with Crippen LogP contribution in [0.15, 0.2) is 42.5 Å². The topological polar surface area (TPSA) is 98.7 Å². The molecule has 0 aliphatic carbocycles. The van der Waals surface area contributed by atoms with Crippen molar-refractivity contribution in [2.45, 2.75) is 0 Å². The third-order valence-corrected chi connectivity index (χ3v) is 3.56. The molecule has 0 atom stereocenters. The first kappa shape index (κ1) is 15.1. The lowest BCUT2D eigenvalue weighted by Crippen LogP contribution is -2.20. The summed E-state index contributed by atoms with van der Waals surface area (Å²) in [6.45, 7) is 0. The van der Waals surface area contributed by atoms with Crippen LogP contribution in [0.4, 0.5) is 16.2 Å². The predicted octanol–water partition coefficient (Wildman–Crippen LogP) is 3.34. The fourth-order valence-corrected chi connectivity index (χ4v) is 2.13. The van der Waals surface area contributed by atoms with Crippen molar-refractivity contribution in [1.82, 2.24) is 0 Å². The number of amides is 2. The van der Waals surface area contributed by atoms with Gasteiger partial charge in [-0.25, -0.2) is 9.59 Å². The van der Waals surface area contributed by atoms with Crippen molar-refractivity contribution in [3.63, 3.8) is 0 Å². The van der Waals surface area contributed by atoms with Crippen LogP contribution in [0, 0.1) is 3.57 Å². The Bertz CT molecular complexity index is 703. The van der Waals surface area contributed by atoms with Gasteiger partial charge >= 0.3 is 12.0 Å². The molecule has 0 aromatic heterocycles. The highest BCUT2D eigenvalue weighted by molar-refractivity contribution is 14.1. The van der Waals surface area contributed by atoms with Crippen molar-refractivity contribution in [1.29, 1.82) is 0 Å². The van der Waals surface area contributed by atoms with E-state index in [1.165, 1.54) is 12.1 Å². The minimum Gasteiger partial charge on any atom is -0.506 e. The van der Waals surface area contributed by atoms with E-state index in [0.29, 0.717) is 5.69 Å². The van der Waals surface area contributed by atoms with E-state index in [9.17, 15) is 14.7 Å². The Morgan fingerprint density at radius 1 is 1.00 bits per heavy atom. The van der Waals surface area contributed by atoms with E-state index in [1.54, 1.807) is 12.1 Å².